The van der Waals surface area contributed by atoms with Crippen LogP contribution in [0.3, 0.4) is 0 Å². The van der Waals surface area contributed by atoms with Gasteiger partial charge in [-0.3, -0.25) is 20.2 Å². The van der Waals surface area contributed by atoms with Crippen molar-refractivity contribution in [3.8, 4) is 17.6 Å². The minimum absolute atomic E-state index is 0.117. The van der Waals surface area contributed by atoms with Gasteiger partial charge in [0.15, 0.2) is 0 Å². The number of rotatable bonds is 8. The fraction of sp³-hybridized carbons (Fsp3) is 0.250. The third-order valence-corrected chi connectivity index (χ3v) is 6.46. The fourth-order valence-corrected chi connectivity index (χ4v) is 4.26. The Kier molecular flexibility index (Phi) is 6.61. The molecule has 0 atom stereocenters. The summed E-state index contributed by atoms with van der Waals surface area (Å²) in [5.74, 6) is 6.57. The summed E-state index contributed by atoms with van der Waals surface area (Å²) in [6.07, 6.45) is 6.79. The highest BCUT2D eigenvalue weighted by Gasteiger charge is 2.40. The van der Waals surface area contributed by atoms with Crippen LogP contribution < -0.4 is 21.3 Å². The van der Waals surface area contributed by atoms with E-state index in [1.807, 2.05) is 38.1 Å². The van der Waals surface area contributed by atoms with Crippen molar-refractivity contribution in [3.05, 3.63) is 89.2 Å². The lowest BCUT2D eigenvalue weighted by Gasteiger charge is -2.39. The molecule has 0 bridgehead atoms. The molecular weight excluding hydrogens is 485 g/mol. The highest BCUT2D eigenvalue weighted by atomic mass is 19.1. The highest BCUT2D eigenvalue weighted by Crippen LogP contribution is 2.38. The van der Waals surface area contributed by atoms with Gasteiger partial charge in [-0.1, -0.05) is 24.3 Å². The summed E-state index contributed by atoms with van der Waals surface area (Å²) in [7, 11) is 0. The summed E-state index contributed by atoms with van der Waals surface area (Å²) in [6, 6.07) is 15.8. The van der Waals surface area contributed by atoms with Gasteiger partial charge >= 0.3 is 0 Å². The highest BCUT2D eigenvalue weighted by molar-refractivity contribution is 5.97. The van der Waals surface area contributed by atoms with Gasteiger partial charge in [-0.05, 0) is 56.9 Å². The van der Waals surface area contributed by atoms with E-state index in [1.54, 1.807) is 41.6 Å². The Balaban J connectivity index is 1.38. The van der Waals surface area contributed by atoms with Crippen LogP contribution in [-0.2, 0) is 4.79 Å². The molecule has 0 aromatic heterocycles. The molecule has 2 aromatic carbocycles. The number of aliphatic imine (C=N–C) groups is 1. The average Bonchev–Trinajstić information content (AvgIpc) is 3.64. The zero-order valence-electron chi connectivity index (χ0n) is 21.1. The predicted octanol–water partition coefficient (Wildman–Crippen LogP) is 3.92. The van der Waals surface area contributed by atoms with E-state index in [2.05, 4.69) is 15.7 Å². The number of hydrogen-bond acceptors (Lipinski definition) is 8. The first-order valence-electron chi connectivity index (χ1n) is 12.3. The second kappa shape index (κ2) is 10.0. The van der Waals surface area contributed by atoms with Crippen LogP contribution in [0, 0.1) is 23.1 Å². The Morgan fingerprint density at radius 2 is 2.05 bits per heavy atom. The van der Waals surface area contributed by atoms with Crippen molar-refractivity contribution in [1.29, 1.82) is 5.26 Å². The van der Waals surface area contributed by atoms with Crippen molar-refractivity contribution in [1.82, 2.24) is 20.8 Å². The molecule has 2 aromatic rings. The first-order chi connectivity index (χ1) is 18.3. The number of ether oxygens (including phenoxy) is 1. The van der Waals surface area contributed by atoms with Crippen molar-refractivity contribution in [2.24, 2.45) is 16.8 Å². The van der Waals surface area contributed by atoms with Crippen LogP contribution in [-0.4, -0.2) is 34.3 Å². The maximum absolute atomic E-state index is 15.4. The first kappa shape index (κ1) is 25.0. The maximum atomic E-state index is 15.4. The molecule has 3 aliphatic rings. The summed E-state index contributed by atoms with van der Waals surface area (Å²) in [5.41, 5.74) is 4.55. The van der Waals surface area contributed by atoms with Crippen LogP contribution in [0.2, 0.25) is 0 Å². The average molecular weight is 514 g/mol. The number of halogens is 1. The van der Waals surface area contributed by atoms with E-state index in [4.69, 9.17) is 10.6 Å². The number of para-hydroxylation sites is 1. The number of hydrogen-bond donors (Lipinski definition) is 3. The molecule has 5 rings (SSSR count). The quantitative estimate of drug-likeness (QED) is 0.278. The molecule has 1 aliphatic carbocycles. The molecule has 0 radical (unpaired) electrons. The largest absolute Gasteiger partial charge is 0.457 e. The Hall–Kier alpha value is -4.62. The van der Waals surface area contributed by atoms with Gasteiger partial charge in [-0.15, -0.1) is 0 Å². The van der Waals surface area contributed by atoms with Crippen molar-refractivity contribution in [2.45, 2.75) is 32.2 Å². The van der Waals surface area contributed by atoms with Crippen molar-refractivity contribution < 1.29 is 13.9 Å². The minimum Gasteiger partial charge on any atom is -0.457 e. The number of nitrogens with one attached hydrogen (secondary N) is 2. The number of fused-ring (bicyclic) bond motifs is 1. The van der Waals surface area contributed by atoms with Crippen molar-refractivity contribution in [3.63, 3.8) is 0 Å². The van der Waals surface area contributed by atoms with Gasteiger partial charge in [0.1, 0.15) is 46.7 Å². The van der Waals surface area contributed by atoms with E-state index in [1.165, 1.54) is 17.4 Å². The molecule has 38 heavy (non-hydrogen) atoms. The number of carbonyl (C=O) groups is 1. The number of benzene rings is 2. The molecule has 10 heteroatoms. The second-order valence-corrected chi connectivity index (χ2v) is 9.94. The van der Waals surface area contributed by atoms with Gasteiger partial charge in [0.2, 0.25) is 0 Å². The van der Waals surface area contributed by atoms with Crippen LogP contribution in [0.5, 0.6) is 11.5 Å². The summed E-state index contributed by atoms with van der Waals surface area (Å²) in [5, 5.41) is 15.4. The topological polar surface area (TPSA) is 119 Å². The van der Waals surface area contributed by atoms with Crippen molar-refractivity contribution >= 4 is 17.9 Å². The molecule has 0 unspecified atom stereocenters. The summed E-state index contributed by atoms with van der Waals surface area (Å²) in [4.78, 5) is 16.8. The lowest BCUT2D eigenvalue weighted by molar-refractivity contribution is -0.117. The molecule has 194 valence electrons. The van der Waals surface area contributed by atoms with E-state index in [9.17, 15) is 10.1 Å². The molecular formula is C28H28FN7O2. The second-order valence-electron chi connectivity index (χ2n) is 9.94. The lowest BCUT2D eigenvalue weighted by Crippen LogP contribution is -2.54. The lowest BCUT2D eigenvalue weighted by atomic mass is 10.0. The van der Waals surface area contributed by atoms with E-state index < -0.39 is 17.3 Å². The third kappa shape index (κ3) is 5.10. The molecule has 1 amide bonds. The molecule has 2 heterocycles. The Labute approximate surface area is 220 Å². The Bertz CT molecular complexity index is 1420. The summed E-state index contributed by atoms with van der Waals surface area (Å²) >= 11 is 0. The zero-order chi connectivity index (χ0) is 26.9. The number of nitrogens with zero attached hydrogens (tertiary/aromatic N) is 4. The van der Waals surface area contributed by atoms with Gasteiger partial charge in [0, 0.05) is 18.2 Å². The standard InChI is InChI=1S/C28H28FN7O2/c1-28(2,16-33-27(37)19(14-30)12-18-8-9-18)36-24-15-32-17-35(31)26(24)25(34-36)22-11-10-21(13-23(22)29)38-20-6-4-3-5-7-20/h3-7,10-13,15,17-18,34H,8-9,16,31H2,1-2H3,(H,33,37). The molecule has 0 saturated heterocycles. The Morgan fingerprint density at radius 3 is 2.74 bits per heavy atom. The number of carbonyl (C=O) groups excluding carboxylic acids is 1. The first-order valence-corrected chi connectivity index (χ1v) is 12.3. The number of nitrogens with two attached hydrogens (primary N) is 1. The summed E-state index contributed by atoms with van der Waals surface area (Å²) in [6.45, 7) is 4.01. The molecule has 1 fully saturated rings. The van der Waals surface area contributed by atoms with E-state index in [0.29, 0.717) is 40.1 Å². The third-order valence-electron chi connectivity index (χ3n) is 6.46. The minimum atomic E-state index is -0.713. The van der Waals surface area contributed by atoms with Crippen molar-refractivity contribution in [2.75, 3.05) is 6.54 Å². The monoisotopic (exact) mass is 513 g/mol. The van der Waals surface area contributed by atoms with Gasteiger partial charge in [0.05, 0.1) is 17.4 Å². The van der Waals surface area contributed by atoms with Gasteiger partial charge in [-0.2, -0.15) is 5.26 Å². The molecule has 4 N–H and O–H groups in total. The van der Waals surface area contributed by atoms with Crippen LogP contribution >= 0.6 is 0 Å². The molecule has 0 spiro atoms. The number of amides is 1. The number of hydrazine groups is 2. The number of nitriles is 1. The smallest absolute Gasteiger partial charge is 0.261 e. The molecule has 1 saturated carbocycles. The van der Waals surface area contributed by atoms with E-state index in [0.717, 1.165) is 12.8 Å². The normalized spacial score (nSPS) is 17.0. The zero-order valence-corrected chi connectivity index (χ0v) is 21.1. The van der Waals surface area contributed by atoms with Gasteiger partial charge in [0.25, 0.3) is 5.91 Å². The SMILES string of the molecule is CC(C)(CNC(=O)C(C#N)=CC1CC1)N1NC(c2ccc(Oc3ccccc3)cc2F)=C2C1=CN=CN2N. The van der Waals surface area contributed by atoms with Gasteiger partial charge < -0.3 is 10.1 Å². The van der Waals surface area contributed by atoms with Gasteiger partial charge in [-0.25, -0.2) is 15.2 Å². The fourth-order valence-electron chi connectivity index (χ4n) is 4.26. The number of allylic oxidation sites excluding steroid dienone is 1. The van der Waals surface area contributed by atoms with Crippen LogP contribution in [0.25, 0.3) is 5.70 Å². The van der Waals surface area contributed by atoms with Crippen LogP contribution in [0.1, 0.15) is 32.3 Å². The van der Waals surface area contributed by atoms with Crippen LogP contribution in [0.15, 0.2) is 82.8 Å². The van der Waals surface area contributed by atoms with E-state index >= 15 is 4.39 Å². The van der Waals surface area contributed by atoms with E-state index in [-0.39, 0.29) is 12.1 Å². The maximum Gasteiger partial charge on any atom is 0.261 e. The molecule has 9 nitrogen and oxygen atoms in total. The van der Waals surface area contributed by atoms with Crippen LogP contribution in [0.4, 0.5) is 4.39 Å². The predicted molar refractivity (Wildman–Crippen MR) is 141 cm³/mol. The Morgan fingerprint density at radius 1 is 1.29 bits per heavy atom. The molecule has 2 aliphatic heterocycles. The summed E-state index contributed by atoms with van der Waals surface area (Å²) < 4.78 is 21.2.